The number of nitrogens with one attached hydrogen (secondary N) is 2. The Morgan fingerprint density at radius 2 is 2.00 bits per heavy atom. The maximum Gasteiger partial charge on any atom is 0.222 e. The van der Waals surface area contributed by atoms with Gasteiger partial charge in [0.1, 0.15) is 0 Å². The molecule has 0 bridgehead atoms. The minimum Gasteiger partial charge on any atom is -0.356 e. The summed E-state index contributed by atoms with van der Waals surface area (Å²) in [7, 11) is 5.74. The summed E-state index contributed by atoms with van der Waals surface area (Å²) in [5.41, 5.74) is 2.26. The lowest BCUT2D eigenvalue weighted by Gasteiger charge is -2.22. The maximum absolute atomic E-state index is 12.0. The largest absolute Gasteiger partial charge is 0.356 e. The van der Waals surface area contributed by atoms with Crippen LogP contribution in [0.1, 0.15) is 17.7 Å². The summed E-state index contributed by atoms with van der Waals surface area (Å²) >= 11 is 3.49. The van der Waals surface area contributed by atoms with Crippen molar-refractivity contribution >= 4 is 27.8 Å². The minimum absolute atomic E-state index is 0.0193. The summed E-state index contributed by atoms with van der Waals surface area (Å²) in [4.78, 5) is 18.3. The Morgan fingerprint density at radius 1 is 1.27 bits per heavy atom. The van der Waals surface area contributed by atoms with E-state index in [1.54, 1.807) is 7.05 Å². The molecule has 0 aliphatic rings. The van der Waals surface area contributed by atoms with Crippen LogP contribution in [0.2, 0.25) is 0 Å². The van der Waals surface area contributed by atoms with E-state index < -0.39 is 0 Å². The number of amides is 1. The van der Waals surface area contributed by atoms with Gasteiger partial charge in [-0.15, -0.1) is 0 Å². The highest BCUT2D eigenvalue weighted by atomic mass is 79.9. The van der Waals surface area contributed by atoms with E-state index in [2.05, 4.69) is 42.2 Å². The number of benzene rings is 1. The first-order valence-corrected chi connectivity index (χ1v) is 9.32. The molecule has 1 aromatic carbocycles. The van der Waals surface area contributed by atoms with Gasteiger partial charge in [-0.1, -0.05) is 30.3 Å². The van der Waals surface area contributed by atoms with E-state index in [-0.39, 0.29) is 5.91 Å². The number of guanidine groups is 1. The number of hydrogen-bond donors (Lipinski definition) is 2. The summed E-state index contributed by atoms with van der Waals surface area (Å²) in [5, 5.41) is 6.17. The zero-order valence-corrected chi connectivity index (χ0v) is 17.1. The van der Waals surface area contributed by atoms with Crippen LogP contribution in [0.4, 0.5) is 0 Å². The van der Waals surface area contributed by atoms with Gasteiger partial charge in [-0.3, -0.25) is 9.79 Å². The number of aryl methyl sites for hydroxylation is 1. The van der Waals surface area contributed by atoms with Crippen molar-refractivity contribution in [2.75, 3.05) is 20.6 Å². The van der Waals surface area contributed by atoms with Gasteiger partial charge in [0.25, 0.3) is 0 Å². The first-order chi connectivity index (χ1) is 12.5. The highest BCUT2D eigenvalue weighted by Gasteiger charge is 2.10. The normalized spacial score (nSPS) is 11.3. The molecule has 0 saturated carbocycles. The zero-order valence-electron chi connectivity index (χ0n) is 15.5. The van der Waals surface area contributed by atoms with E-state index >= 15 is 0 Å². The second-order valence-electron chi connectivity index (χ2n) is 6.10. The highest BCUT2D eigenvalue weighted by Crippen LogP contribution is 2.14. The first-order valence-electron chi connectivity index (χ1n) is 8.52. The van der Waals surface area contributed by atoms with Crippen LogP contribution in [0.3, 0.4) is 0 Å². The van der Waals surface area contributed by atoms with Crippen molar-refractivity contribution < 1.29 is 4.79 Å². The molecule has 0 fully saturated rings. The van der Waals surface area contributed by atoms with E-state index in [4.69, 9.17) is 0 Å². The van der Waals surface area contributed by atoms with Crippen molar-refractivity contribution in [3.05, 3.63) is 58.3 Å². The summed E-state index contributed by atoms with van der Waals surface area (Å²) in [6.45, 7) is 1.81. The molecule has 1 heterocycles. The van der Waals surface area contributed by atoms with Crippen molar-refractivity contribution in [2.24, 2.45) is 12.0 Å². The van der Waals surface area contributed by atoms with E-state index in [0.717, 1.165) is 22.5 Å². The van der Waals surface area contributed by atoms with E-state index in [0.29, 0.717) is 19.5 Å². The van der Waals surface area contributed by atoms with Crippen LogP contribution in [0.5, 0.6) is 0 Å². The third-order valence-corrected chi connectivity index (χ3v) is 4.45. The number of aliphatic imine (C=N–C) groups is 1. The molecule has 7 heteroatoms. The summed E-state index contributed by atoms with van der Waals surface area (Å²) in [6, 6.07) is 12.0. The second kappa shape index (κ2) is 10.0. The van der Waals surface area contributed by atoms with Gasteiger partial charge >= 0.3 is 0 Å². The molecule has 0 saturated heterocycles. The molecule has 140 valence electrons. The van der Waals surface area contributed by atoms with Gasteiger partial charge < -0.3 is 20.1 Å². The predicted octanol–water partition coefficient (Wildman–Crippen LogP) is 2.50. The molecule has 2 N–H and O–H groups in total. The van der Waals surface area contributed by atoms with Crippen LogP contribution in [0.25, 0.3) is 0 Å². The molecule has 2 aromatic rings. The number of hydrogen-bond acceptors (Lipinski definition) is 2. The molecule has 0 aliphatic carbocycles. The predicted molar refractivity (Wildman–Crippen MR) is 109 cm³/mol. The van der Waals surface area contributed by atoms with E-state index in [9.17, 15) is 4.79 Å². The first kappa shape index (κ1) is 20.0. The SMILES string of the molecule is CN=C(NCCC(=O)NCc1ccccc1)N(C)Cc1cc(Br)cn1C. The number of carbonyl (C=O) groups excluding carboxylic acids is 1. The van der Waals surface area contributed by atoms with E-state index in [1.807, 2.05) is 55.5 Å². The monoisotopic (exact) mass is 419 g/mol. The molecule has 1 amide bonds. The van der Waals surface area contributed by atoms with Gasteiger partial charge in [-0.05, 0) is 27.6 Å². The van der Waals surface area contributed by atoms with Crippen molar-refractivity contribution in [1.82, 2.24) is 20.1 Å². The van der Waals surface area contributed by atoms with Crippen LogP contribution in [-0.2, 0) is 24.9 Å². The number of nitrogens with zero attached hydrogens (tertiary/aromatic N) is 3. The summed E-state index contributed by atoms with van der Waals surface area (Å²) < 4.78 is 3.13. The molecular weight excluding hydrogens is 394 g/mol. The van der Waals surface area contributed by atoms with Crippen molar-refractivity contribution in [3.8, 4) is 0 Å². The van der Waals surface area contributed by atoms with Gasteiger partial charge in [0.15, 0.2) is 5.96 Å². The van der Waals surface area contributed by atoms with Crippen LogP contribution < -0.4 is 10.6 Å². The molecule has 6 nitrogen and oxygen atoms in total. The fourth-order valence-electron chi connectivity index (χ4n) is 2.60. The Hall–Kier alpha value is -2.28. The summed E-state index contributed by atoms with van der Waals surface area (Å²) in [5.74, 6) is 0.781. The standard InChI is InChI=1S/C19H26BrN5O/c1-21-19(25(3)14-17-11-16(20)13-24(17)2)22-10-9-18(26)23-12-15-7-5-4-6-8-15/h4-8,11,13H,9-10,12,14H2,1-3H3,(H,21,22)(H,23,26). The van der Waals surface area contributed by atoms with Gasteiger partial charge in [0.2, 0.25) is 5.91 Å². The number of aromatic nitrogens is 1. The van der Waals surface area contributed by atoms with E-state index in [1.165, 1.54) is 5.69 Å². The topological polar surface area (TPSA) is 61.7 Å². The minimum atomic E-state index is 0.0193. The van der Waals surface area contributed by atoms with Crippen molar-refractivity contribution in [3.63, 3.8) is 0 Å². The average Bonchev–Trinajstić information content (AvgIpc) is 2.94. The Labute approximate surface area is 163 Å². The Kier molecular flexibility index (Phi) is 7.72. The quantitative estimate of drug-likeness (QED) is 0.535. The fourth-order valence-corrected chi connectivity index (χ4v) is 3.17. The molecule has 0 aliphatic heterocycles. The third kappa shape index (κ3) is 6.22. The average molecular weight is 420 g/mol. The molecule has 0 radical (unpaired) electrons. The molecule has 1 aromatic heterocycles. The molecular formula is C19H26BrN5O. The zero-order chi connectivity index (χ0) is 18.9. The van der Waals surface area contributed by atoms with Crippen LogP contribution in [-0.4, -0.2) is 42.0 Å². The highest BCUT2D eigenvalue weighted by molar-refractivity contribution is 9.10. The van der Waals surface area contributed by atoms with Gasteiger partial charge in [-0.2, -0.15) is 0 Å². The van der Waals surface area contributed by atoms with Gasteiger partial charge in [0.05, 0.1) is 6.54 Å². The maximum atomic E-state index is 12.0. The number of halogens is 1. The Bertz CT molecular complexity index is 742. The molecule has 0 unspecified atom stereocenters. The lowest BCUT2D eigenvalue weighted by molar-refractivity contribution is -0.121. The van der Waals surface area contributed by atoms with Crippen molar-refractivity contribution in [2.45, 2.75) is 19.5 Å². The lowest BCUT2D eigenvalue weighted by Crippen LogP contribution is -2.40. The lowest BCUT2D eigenvalue weighted by atomic mass is 10.2. The number of carbonyl (C=O) groups is 1. The Morgan fingerprint density at radius 3 is 2.62 bits per heavy atom. The molecule has 0 atom stereocenters. The number of rotatable bonds is 7. The smallest absolute Gasteiger partial charge is 0.222 e. The molecule has 0 spiro atoms. The molecule has 26 heavy (non-hydrogen) atoms. The third-order valence-electron chi connectivity index (χ3n) is 4.01. The second-order valence-corrected chi connectivity index (χ2v) is 7.02. The Balaban J connectivity index is 1.74. The van der Waals surface area contributed by atoms with Crippen molar-refractivity contribution in [1.29, 1.82) is 0 Å². The summed E-state index contributed by atoms with van der Waals surface area (Å²) in [6.07, 6.45) is 2.42. The van der Waals surface area contributed by atoms with Gasteiger partial charge in [-0.25, -0.2) is 0 Å². The van der Waals surface area contributed by atoms with Gasteiger partial charge in [0, 0.05) is 57.0 Å². The molecule has 2 rings (SSSR count). The van der Waals surface area contributed by atoms with Crippen LogP contribution >= 0.6 is 15.9 Å². The van der Waals surface area contributed by atoms with Crippen LogP contribution in [0, 0.1) is 0 Å². The fraction of sp³-hybridized carbons (Fsp3) is 0.368. The van der Waals surface area contributed by atoms with Crippen LogP contribution in [0.15, 0.2) is 52.1 Å².